The van der Waals surface area contributed by atoms with Crippen molar-refractivity contribution >= 4 is 5.82 Å². The molecular weight excluding hydrogens is 162 g/mol. The van der Waals surface area contributed by atoms with E-state index >= 15 is 0 Å². The fourth-order valence-electron chi connectivity index (χ4n) is 1.54. The number of aromatic nitrogens is 1. The second-order valence-electron chi connectivity index (χ2n) is 3.53. The molecule has 0 radical (unpaired) electrons. The number of hydrogen-bond donors (Lipinski definition) is 1. The molecule has 1 aliphatic carbocycles. The zero-order valence-electron chi connectivity index (χ0n) is 7.90. The van der Waals surface area contributed by atoms with E-state index in [9.17, 15) is 0 Å². The molecule has 0 aromatic carbocycles. The molecule has 0 bridgehead atoms. The predicted octanol–water partition coefficient (Wildman–Crippen LogP) is 1.14. The molecule has 3 nitrogen and oxygen atoms in total. The van der Waals surface area contributed by atoms with Crippen molar-refractivity contribution in [3.8, 4) is 0 Å². The summed E-state index contributed by atoms with van der Waals surface area (Å²) in [5.41, 5.74) is 6.78. The Morgan fingerprint density at radius 1 is 1.62 bits per heavy atom. The fourth-order valence-corrected chi connectivity index (χ4v) is 1.54. The Hall–Kier alpha value is -1.09. The first-order chi connectivity index (χ1) is 6.33. The number of rotatable bonds is 3. The van der Waals surface area contributed by atoms with Gasteiger partial charge in [0.15, 0.2) is 0 Å². The van der Waals surface area contributed by atoms with E-state index in [-0.39, 0.29) is 0 Å². The van der Waals surface area contributed by atoms with Crippen LogP contribution in [-0.4, -0.2) is 18.1 Å². The van der Waals surface area contributed by atoms with E-state index in [1.165, 1.54) is 12.8 Å². The molecule has 2 rings (SSSR count). The normalized spacial score (nSPS) is 15.8. The summed E-state index contributed by atoms with van der Waals surface area (Å²) in [6.07, 6.45) is 4.40. The molecule has 1 aromatic heterocycles. The molecule has 1 heterocycles. The third-order valence-electron chi connectivity index (χ3n) is 2.52. The number of anilines is 1. The molecular formula is C10H15N3. The number of nitrogens with two attached hydrogens (primary N) is 1. The first-order valence-electron chi connectivity index (χ1n) is 4.69. The standard InChI is InChI=1S/C10H15N3/c1-13(9-4-5-9)10-8(7-11)3-2-6-12-10/h2-3,6,9H,4-5,7,11H2,1H3. The van der Waals surface area contributed by atoms with Gasteiger partial charge in [-0.1, -0.05) is 6.07 Å². The van der Waals surface area contributed by atoms with E-state index in [4.69, 9.17) is 5.73 Å². The van der Waals surface area contributed by atoms with E-state index in [1.807, 2.05) is 18.3 Å². The predicted molar refractivity (Wildman–Crippen MR) is 53.6 cm³/mol. The van der Waals surface area contributed by atoms with Crippen molar-refractivity contribution in [2.75, 3.05) is 11.9 Å². The van der Waals surface area contributed by atoms with Crippen LogP contribution in [0.3, 0.4) is 0 Å². The molecule has 0 unspecified atom stereocenters. The number of pyridine rings is 1. The van der Waals surface area contributed by atoms with Gasteiger partial charge in [0.1, 0.15) is 5.82 Å². The zero-order valence-corrected chi connectivity index (χ0v) is 7.90. The lowest BCUT2D eigenvalue weighted by Gasteiger charge is -2.19. The van der Waals surface area contributed by atoms with Crippen molar-refractivity contribution in [1.29, 1.82) is 0 Å². The molecule has 70 valence electrons. The molecule has 0 saturated heterocycles. The zero-order chi connectivity index (χ0) is 9.26. The van der Waals surface area contributed by atoms with Gasteiger partial charge >= 0.3 is 0 Å². The first kappa shape index (κ1) is 8.51. The van der Waals surface area contributed by atoms with Crippen LogP contribution in [-0.2, 0) is 6.54 Å². The second kappa shape index (κ2) is 3.34. The van der Waals surface area contributed by atoms with Gasteiger partial charge in [-0.3, -0.25) is 0 Å². The van der Waals surface area contributed by atoms with Crippen LogP contribution < -0.4 is 10.6 Å². The lowest BCUT2D eigenvalue weighted by Crippen LogP contribution is -2.22. The van der Waals surface area contributed by atoms with Gasteiger partial charge in [-0.05, 0) is 18.9 Å². The number of nitrogens with zero attached hydrogens (tertiary/aromatic N) is 2. The molecule has 2 N–H and O–H groups in total. The van der Waals surface area contributed by atoms with Gasteiger partial charge in [0.25, 0.3) is 0 Å². The first-order valence-corrected chi connectivity index (χ1v) is 4.69. The van der Waals surface area contributed by atoms with Crippen molar-refractivity contribution in [3.05, 3.63) is 23.9 Å². The van der Waals surface area contributed by atoms with Crippen LogP contribution in [0.5, 0.6) is 0 Å². The summed E-state index contributed by atoms with van der Waals surface area (Å²) in [5.74, 6) is 1.05. The van der Waals surface area contributed by atoms with Crippen molar-refractivity contribution in [1.82, 2.24) is 4.98 Å². The van der Waals surface area contributed by atoms with Crippen LogP contribution in [0.2, 0.25) is 0 Å². The summed E-state index contributed by atoms with van der Waals surface area (Å²) in [5, 5.41) is 0. The molecule has 0 spiro atoms. The Morgan fingerprint density at radius 2 is 2.38 bits per heavy atom. The van der Waals surface area contributed by atoms with E-state index < -0.39 is 0 Å². The fraction of sp³-hybridized carbons (Fsp3) is 0.500. The quantitative estimate of drug-likeness (QED) is 0.752. The van der Waals surface area contributed by atoms with Gasteiger partial charge in [0.2, 0.25) is 0 Å². The summed E-state index contributed by atoms with van der Waals surface area (Å²) < 4.78 is 0. The average Bonchev–Trinajstić information content (AvgIpc) is 3.00. The average molecular weight is 177 g/mol. The Balaban J connectivity index is 2.26. The molecule has 3 heteroatoms. The Labute approximate surface area is 78.6 Å². The van der Waals surface area contributed by atoms with Gasteiger partial charge in [0, 0.05) is 31.4 Å². The third-order valence-corrected chi connectivity index (χ3v) is 2.52. The minimum atomic E-state index is 0.570. The van der Waals surface area contributed by atoms with E-state index in [1.54, 1.807) is 0 Å². The molecule has 1 saturated carbocycles. The van der Waals surface area contributed by atoms with Crippen LogP contribution >= 0.6 is 0 Å². The minimum Gasteiger partial charge on any atom is -0.356 e. The highest BCUT2D eigenvalue weighted by molar-refractivity contribution is 5.47. The Bertz CT molecular complexity index is 294. The van der Waals surface area contributed by atoms with Gasteiger partial charge in [0.05, 0.1) is 0 Å². The van der Waals surface area contributed by atoms with Crippen molar-refractivity contribution in [2.45, 2.75) is 25.4 Å². The highest BCUT2D eigenvalue weighted by Crippen LogP contribution is 2.30. The molecule has 1 aliphatic rings. The smallest absolute Gasteiger partial charge is 0.132 e. The summed E-state index contributed by atoms with van der Waals surface area (Å²) in [6, 6.07) is 4.67. The third kappa shape index (κ3) is 1.65. The van der Waals surface area contributed by atoms with Gasteiger partial charge < -0.3 is 10.6 Å². The van der Waals surface area contributed by atoms with Crippen LogP contribution in [0, 0.1) is 0 Å². The largest absolute Gasteiger partial charge is 0.356 e. The molecule has 1 aromatic rings. The lowest BCUT2D eigenvalue weighted by atomic mass is 10.2. The maximum absolute atomic E-state index is 5.64. The maximum Gasteiger partial charge on any atom is 0.132 e. The molecule has 0 aliphatic heterocycles. The number of hydrogen-bond acceptors (Lipinski definition) is 3. The van der Waals surface area contributed by atoms with Crippen molar-refractivity contribution in [3.63, 3.8) is 0 Å². The van der Waals surface area contributed by atoms with E-state index in [0.717, 1.165) is 11.4 Å². The molecule has 13 heavy (non-hydrogen) atoms. The van der Waals surface area contributed by atoms with Crippen LogP contribution in [0.15, 0.2) is 18.3 Å². The summed E-state index contributed by atoms with van der Waals surface area (Å²) >= 11 is 0. The second-order valence-corrected chi connectivity index (χ2v) is 3.53. The van der Waals surface area contributed by atoms with Gasteiger partial charge in [-0.25, -0.2) is 4.98 Å². The molecule has 0 amide bonds. The maximum atomic E-state index is 5.64. The highest BCUT2D eigenvalue weighted by atomic mass is 15.2. The highest BCUT2D eigenvalue weighted by Gasteiger charge is 2.27. The summed E-state index contributed by atoms with van der Waals surface area (Å²) in [4.78, 5) is 6.59. The Kier molecular flexibility index (Phi) is 2.19. The lowest BCUT2D eigenvalue weighted by molar-refractivity contribution is 0.871. The monoisotopic (exact) mass is 177 g/mol. The molecule has 0 atom stereocenters. The van der Waals surface area contributed by atoms with Gasteiger partial charge in [-0.2, -0.15) is 0 Å². The van der Waals surface area contributed by atoms with Crippen LogP contribution in [0.25, 0.3) is 0 Å². The van der Waals surface area contributed by atoms with Gasteiger partial charge in [-0.15, -0.1) is 0 Å². The topological polar surface area (TPSA) is 42.2 Å². The van der Waals surface area contributed by atoms with Crippen LogP contribution in [0.4, 0.5) is 5.82 Å². The van der Waals surface area contributed by atoms with Crippen LogP contribution in [0.1, 0.15) is 18.4 Å². The Morgan fingerprint density at radius 3 is 3.00 bits per heavy atom. The molecule has 1 fully saturated rings. The van der Waals surface area contributed by atoms with Crippen molar-refractivity contribution < 1.29 is 0 Å². The summed E-state index contributed by atoms with van der Waals surface area (Å²) in [6.45, 7) is 0.570. The summed E-state index contributed by atoms with van der Waals surface area (Å²) in [7, 11) is 2.10. The van der Waals surface area contributed by atoms with E-state index in [2.05, 4.69) is 16.9 Å². The van der Waals surface area contributed by atoms with E-state index in [0.29, 0.717) is 12.6 Å². The SMILES string of the molecule is CN(c1ncccc1CN)C1CC1. The van der Waals surface area contributed by atoms with Crippen molar-refractivity contribution in [2.24, 2.45) is 5.73 Å². The minimum absolute atomic E-state index is 0.570.